The molecule has 0 saturated heterocycles. The Hall–Kier alpha value is -3.28. The van der Waals surface area contributed by atoms with Crippen LogP contribution in [-0.4, -0.2) is 29.3 Å². The van der Waals surface area contributed by atoms with Gasteiger partial charge >= 0.3 is 5.97 Å². The molecular weight excluding hydrogens is 436 g/mol. The fraction of sp³-hybridized carbons (Fsp3) is 0.222. The number of hydrogen-bond donors (Lipinski definition) is 2. The Bertz CT molecular complexity index is 1280. The van der Waals surface area contributed by atoms with Crippen LogP contribution in [0.5, 0.6) is 5.75 Å². The Kier molecular flexibility index (Phi) is 7.02. The van der Waals surface area contributed by atoms with Crippen molar-refractivity contribution >= 4 is 28.5 Å². The van der Waals surface area contributed by atoms with E-state index in [4.69, 9.17) is 16.3 Å². The SMILES string of the molecule is COc1ccc2c(CNCCc3ccccc3Cl)c(C(=O)O)n(Cc3ccc(C)cc3)c2c1. The predicted octanol–water partition coefficient (Wildman–Crippen LogP) is 5.69. The minimum atomic E-state index is -0.944. The van der Waals surface area contributed by atoms with Gasteiger partial charge < -0.3 is 19.7 Å². The van der Waals surface area contributed by atoms with Crippen molar-refractivity contribution in [2.75, 3.05) is 13.7 Å². The molecule has 4 aromatic rings. The Morgan fingerprint density at radius 3 is 2.55 bits per heavy atom. The molecule has 170 valence electrons. The largest absolute Gasteiger partial charge is 0.497 e. The van der Waals surface area contributed by atoms with E-state index in [9.17, 15) is 9.90 Å². The van der Waals surface area contributed by atoms with Gasteiger partial charge in [0, 0.05) is 35.1 Å². The van der Waals surface area contributed by atoms with Gasteiger partial charge in [-0.3, -0.25) is 0 Å². The van der Waals surface area contributed by atoms with Crippen molar-refractivity contribution in [1.82, 2.24) is 9.88 Å². The highest BCUT2D eigenvalue weighted by molar-refractivity contribution is 6.31. The lowest BCUT2D eigenvalue weighted by molar-refractivity contribution is 0.0684. The molecular formula is C27H27ClN2O3. The van der Waals surface area contributed by atoms with E-state index in [1.807, 2.05) is 78.2 Å². The second-order valence-corrected chi connectivity index (χ2v) is 8.51. The van der Waals surface area contributed by atoms with Crippen molar-refractivity contribution in [3.63, 3.8) is 0 Å². The van der Waals surface area contributed by atoms with Gasteiger partial charge in [-0.2, -0.15) is 0 Å². The van der Waals surface area contributed by atoms with E-state index < -0.39 is 5.97 Å². The van der Waals surface area contributed by atoms with Crippen molar-refractivity contribution in [3.8, 4) is 5.75 Å². The molecule has 0 bridgehead atoms. The highest BCUT2D eigenvalue weighted by Gasteiger charge is 2.23. The van der Waals surface area contributed by atoms with Gasteiger partial charge in [-0.05, 0) is 49.2 Å². The average Bonchev–Trinajstić information content (AvgIpc) is 3.12. The maximum absolute atomic E-state index is 12.4. The topological polar surface area (TPSA) is 63.5 Å². The zero-order valence-corrected chi connectivity index (χ0v) is 19.5. The van der Waals surface area contributed by atoms with Gasteiger partial charge in [-0.15, -0.1) is 0 Å². The molecule has 0 unspecified atom stereocenters. The fourth-order valence-electron chi connectivity index (χ4n) is 4.13. The number of benzene rings is 3. The highest BCUT2D eigenvalue weighted by atomic mass is 35.5. The Labute approximate surface area is 198 Å². The van der Waals surface area contributed by atoms with Crippen LogP contribution in [0, 0.1) is 6.92 Å². The summed E-state index contributed by atoms with van der Waals surface area (Å²) >= 11 is 6.26. The van der Waals surface area contributed by atoms with E-state index in [1.54, 1.807) is 7.11 Å². The van der Waals surface area contributed by atoms with Gasteiger partial charge in [0.1, 0.15) is 11.4 Å². The number of methoxy groups -OCH3 is 1. The number of aryl methyl sites for hydroxylation is 1. The highest BCUT2D eigenvalue weighted by Crippen LogP contribution is 2.31. The number of nitrogens with one attached hydrogen (secondary N) is 1. The van der Waals surface area contributed by atoms with E-state index >= 15 is 0 Å². The summed E-state index contributed by atoms with van der Waals surface area (Å²) in [5.74, 6) is -0.250. The summed E-state index contributed by atoms with van der Waals surface area (Å²) in [7, 11) is 1.61. The second-order valence-electron chi connectivity index (χ2n) is 8.11. The number of halogens is 1. The number of nitrogens with zero attached hydrogens (tertiary/aromatic N) is 1. The number of ether oxygens (including phenoxy) is 1. The van der Waals surface area contributed by atoms with Crippen LogP contribution in [0.25, 0.3) is 10.9 Å². The van der Waals surface area contributed by atoms with Gasteiger partial charge in [0.25, 0.3) is 0 Å². The van der Waals surface area contributed by atoms with Crippen molar-refractivity contribution in [3.05, 3.63) is 99.7 Å². The van der Waals surface area contributed by atoms with Crippen molar-refractivity contribution in [1.29, 1.82) is 0 Å². The van der Waals surface area contributed by atoms with Crippen molar-refractivity contribution in [2.45, 2.75) is 26.4 Å². The quantitative estimate of drug-likeness (QED) is 0.313. The molecule has 1 aromatic heterocycles. The van der Waals surface area contributed by atoms with Crippen LogP contribution in [-0.2, 0) is 19.5 Å². The maximum Gasteiger partial charge on any atom is 0.352 e. The third-order valence-electron chi connectivity index (χ3n) is 5.87. The summed E-state index contributed by atoms with van der Waals surface area (Å²) in [5, 5.41) is 15.2. The fourth-order valence-corrected chi connectivity index (χ4v) is 4.36. The molecule has 0 fully saturated rings. The van der Waals surface area contributed by atoms with Gasteiger partial charge in [0.05, 0.1) is 12.6 Å². The minimum absolute atomic E-state index is 0.295. The minimum Gasteiger partial charge on any atom is -0.497 e. The molecule has 6 heteroatoms. The third kappa shape index (κ3) is 5.05. The van der Waals surface area contributed by atoms with E-state index in [-0.39, 0.29) is 0 Å². The zero-order valence-electron chi connectivity index (χ0n) is 18.8. The van der Waals surface area contributed by atoms with E-state index in [0.717, 1.165) is 39.0 Å². The Morgan fingerprint density at radius 1 is 1.09 bits per heavy atom. The van der Waals surface area contributed by atoms with Gasteiger partial charge in [0.2, 0.25) is 0 Å². The van der Waals surface area contributed by atoms with Crippen LogP contribution >= 0.6 is 11.6 Å². The van der Waals surface area contributed by atoms with Crippen molar-refractivity contribution < 1.29 is 14.6 Å². The van der Waals surface area contributed by atoms with Crippen molar-refractivity contribution in [2.24, 2.45) is 0 Å². The number of carboxylic acid groups (broad SMARTS) is 1. The monoisotopic (exact) mass is 462 g/mol. The molecule has 1 heterocycles. The first-order chi connectivity index (χ1) is 16.0. The molecule has 0 saturated carbocycles. The van der Waals surface area contributed by atoms with Crippen LogP contribution in [0.15, 0.2) is 66.7 Å². The predicted molar refractivity (Wildman–Crippen MR) is 133 cm³/mol. The molecule has 0 radical (unpaired) electrons. The Morgan fingerprint density at radius 2 is 1.85 bits per heavy atom. The summed E-state index contributed by atoms with van der Waals surface area (Å²) in [6.45, 7) is 3.62. The molecule has 0 spiro atoms. The molecule has 0 aliphatic carbocycles. The maximum atomic E-state index is 12.4. The number of aromatic nitrogens is 1. The summed E-state index contributed by atoms with van der Waals surface area (Å²) in [4.78, 5) is 12.4. The number of carboxylic acids is 1. The summed E-state index contributed by atoms with van der Waals surface area (Å²) in [5.41, 5.74) is 5.18. The zero-order chi connectivity index (χ0) is 23.4. The first-order valence-electron chi connectivity index (χ1n) is 10.9. The molecule has 0 aliphatic rings. The lowest BCUT2D eigenvalue weighted by Gasteiger charge is -2.11. The number of rotatable bonds is 9. The van der Waals surface area contributed by atoms with Crippen LogP contribution in [0.4, 0.5) is 0 Å². The van der Waals surface area contributed by atoms with E-state index in [1.165, 1.54) is 5.56 Å². The van der Waals surface area contributed by atoms with Crippen LogP contribution in [0.3, 0.4) is 0 Å². The van der Waals surface area contributed by atoms with Gasteiger partial charge in [0.15, 0.2) is 0 Å². The molecule has 33 heavy (non-hydrogen) atoms. The lowest BCUT2D eigenvalue weighted by Crippen LogP contribution is -2.19. The Balaban J connectivity index is 1.67. The molecule has 0 amide bonds. The number of aromatic carboxylic acids is 1. The summed E-state index contributed by atoms with van der Waals surface area (Å²) < 4.78 is 7.29. The van der Waals surface area contributed by atoms with Crippen LogP contribution in [0.2, 0.25) is 5.02 Å². The number of carbonyl (C=O) groups is 1. The smallest absolute Gasteiger partial charge is 0.352 e. The number of hydrogen-bond acceptors (Lipinski definition) is 3. The molecule has 0 atom stereocenters. The first-order valence-corrected chi connectivity index (χ1v) is 11.3. The summed E-state index contributed by atoms with van der Waals surface area (Å²) in [6.07, 6.45) is 0.762. The molecule has 5 nitrogen and oxygen atoms in total. The molecule has 0 aliphatic heterocycles. The van der Waals surface area contributed by atoms with E-state index in [0.29, 0.717) is 31.1 Å². The standard InChI is InChI=1S/C27H27ClN2O3/c1-18-7-9-19(10-8-18)17-30-25-15-21(33-2)11-12-22(25)23(26(30)27(31)32)16-29-14-13-20-5-3-4-6-24(20)28/h3-12,15,29H,13-14,16-17H2,1-2H3,(H,31,32). The summed E-state index contributed by atoms with van der Waals surface area (Å²) in [6, 6.07) is 21.6. The first kappa shape index (κ1) is 22.9. The molecule has 2 N–H and O–H groups in total. The second kappa shape index (κ2) is 10.1. The van der Waals surface area contributed by atoms with E-state index in [2.05, 4.69) is 5.32 Å². The normalized spacial score (nSPS) is 11.1. The van der Waals surface area contributed by atoms with Gasteiger partial charge in [-0.25, -0.2) is 4.79 Å². The third-order valence-corrected chi connectivity index (χ3v) is 6.24. The number of fused-ring (bicyclic) bond motifs is 1. The van der Waals surface area contributed by atoms with Crippen LogP contribution < -0.4 is 10.1 Å². The molecule has 3 aromatic carbocycles. The van der Waals surface area contributed by atoms with Gasteiger partial charge in [-0.1, -0.05) is 59.6 Å². The molecule has 4 rings (SSSR count). The lowest BCUT2D eigenvalue weighted by atomic mass is 10.1. The average molecular weight is 463 g/mol. The van der Waals surface area contributed by atoms with Crippen LogP contribution in [0.1, 0.15) is 32.7 Å².